The van der Waals surface area contributed by atoms with Crippen LogP contribution in [-0.2, 0) is 4.79 Å². The van der Waals surface area contributed by atoms with E-state index in [1.807, 2.05) is 6.92 Å². The molecule has 0 spiro atoms. The standard InChI is InChI=1S/C13H18ClN3O2.ClH/c1-3-16-13(19)10-8-9(14)4-5-11(10)17-12(18)6-7-15-2;/h4-5,8,15H,3,6-7H2,1-2H3,(H,16,19)(H,17,18);1H. The molecule has 0 saturated heterocycles. The van der Waals surface area contributed by atoms with Crippen molar-refractivity contribution in [1.82, 2.24) is 10.6 Å². The first kappa shape index (κ1) is 18.7. The zero-order chi connectivity index (χ0) is 14.3. The van der Waals surface area contributed by atoms with E-state index in [1.165, 1.54) is 0 Å². The number of anilines is 1. The third kappa shape index (κ3) is 5.77. The van der Waals surface area contributed by atoms with Crippen LogP contribution in [0, 0.1) is 0 Å². The van der Waals surface area contributed by atoms with Gasteiger partial charge in [0.1, 0.15) is 0 Å². The zero-order valence-corrected chi connectivity index (χ0v) is 13.0. The highest BCUT2D eigenvalue weighted by atomic mass is 35.5. The summed E-state index contributed by atoms with van der Waals surface area (Å²) in [6.07, 6.45) is 0.341. The minimum absolute atomic E-state index is 0. The Kier molecular flexibility index (Phi) is 8.96. The van der Waals surface area contributed by atoms with E-state index in [4.69, 9.17) is 11.6 Å². The van der Waals surface area contributed by atoms with Gasteiger partial charge in [-0.3, -0.25) is 9.59 Å². The molecule has 1 aromatic rings. The average Bonchev–Trinajstić information content (AvgIpc) is 2.38. The summed E-state index contributed by atoms with van der Waals surface area (Å²) in [6.45, 7) is 2.92. The number of carbonyl (C=O) groups excluding carboxylic acids is 2. The molecule has 1 aromatic carbocycles. The van der Waals surface area contributed by atoms with Gasteiger partial charge in [-0.05, 0) is 32.2 Å². The molecule has 2 amide bonds. The summed E-state index contributed by atoms with van der Waals surface area (Å²) in [5.41, 5.74) is 0.837. The number of nitrogens with one attached hydrogen (secondary N) is 3. The van der Waals surface area contributed by atoms with Crippen LogP contribution in [0.3, 0.4) is 0 Å². The van der Waals surface area contributed by atoms with Crippen LogP contribution in [0.2, 0.25) is 5.02 Å². The van der Waals surface area contributed by atoms with Crippen LogP contribution in [0.15, 0.2) is 18.2 Å². The first-order chi connectivity index (χ1) is 9.08. The third-order valence-electron chi connectivity index (χ3n) is 2.44. The number of hydrogen-bond acceptors (Lipinski definition) is 3. The van der Waals surface area contributed by atoms with E-state index >= 15 is 0 Å². The molecule has 5 nitrogen and oxygen atoms in total. The van der Waals surface area contributed by atoms with Crippen LogP contribution >= 0.6 is 24.0 Å². The number of amides is 2. The number of halogens is 2. The lowest BCUT2D eigenvalue weighted by Crippen LogP contribution is -2.25. The van der Waals surface area contributed by atoms with Gasteiger partial charge in [-0.15, -0.1) is 12.4 Å². The highest BCUT2D eigenvalue weighted by Gasteiger charge is 2.13. The second-order valence-corrected chi connectivity index (χ2v) is 4.39. The van der Waals surface area contributed by atoms with E-state index < -0.39 is 0 Å². The molecule has 0 saturated carbocycles. The van der Waals surface area contributed by atoms with E-state index in [0.717, 1.165) is 0 Å². The maximum atomic E-state index is 11.9. The molecule has 0 fully saturated rings. The molecular formula is C13H19Cl2N3O2. The summed E-state index contributed by atoms with van der Waals surface area (Å²) in [5.74, 6) is -0.406. The molecule has 7 heteroatoms. The lowest BCUT2D eigenvalue weighted by molar-refractivity contribution is -0.116. The first-order valence-corrected chi connectivity index (χ1v) is 6.48. The molecule has 0 atom stereocenters. The number of benzene rings is 1. The summed E-state index contributed by atoms with van der Waals surface area (Å²) in [5, 5.41) is 8.74. The molecule has 20 heavy (non-hydrogen) atoms. The summed E-state index contributed by atoms with van der Waals surface area (Å²) in [4.78, 5) is 23.6. The van der Waals surface area contributed by atoms with Gasteiger partial charge >= 0.3 is 0 Å². The van der Waals surface area contributed by atoms with E-state index in [1.54, 1.807) is 25.2 Å². The smallest absolute Gasteiger partial charge is 0.253 e. The first-order valence-electron chi connectivity index (χ1n) is 6.10. The Balaban J connectivity index is 0.00000361. The predicted molar refractivity (Wildman–Crippen MR) is 83.9 cm³/mol. The van der Waals surface area contributed by atoms with Crippen molar-refractivity contribution in [3.63, 3.8) is 0 Å². The topological polar surface area (TPSA) is 70.2 Å². The molecule has 0 aliphatic rings. The quantitative estimate of drug-likeness (QED) is 0.751. The zero-order valence-electron chi connectivity index (χ0n) is 11.5. The van der Waals surface area contributed by atoms with Gasteiger partial charge in [0, 0.05) is 24.5 Å². The largest absolute Gasteiger partial charge is 0.352 e. The molecule has 0 heterocycles. The van der Waals surface area contributed by atoms with E-state index in [-0.39, 0.29) is 24.2 Å². The molecule has 0 radical (unpaired) electrons. The normalized spacial score (nSPS) is 9.55. The van der Waals surface area contributed by atoms with Crippen LogP contribution in [0.5, 0.6) is 0 Å². The predicted octanol–water partition coefficient (Wildman–Crippen LogP) is 2.06. The molecule has 0 bridgehead atoms. The Hall–Kier alpha value is -1.30. The van der Waals surface area contributed by atoms with Crippen molar-refractivity contribution in [3.05, 3.63) is 28.8 Å². The SMILES string of the molecule is CCNC(=O)c1cc(Cl)ccc1NC(=O)CCNC.Cl. The van der Waals surface area contributed by atoms with Gasteiger partial charge in [0.05, 0.1) is 11.3 Å². The number of rotatable bonds is 6. The van der Waals surface area contributed by atoms with Gasteiger partial charge in [0.2, 0.25) is 5.91 Å². The second kappa shape index (κ2) is 9.58. The van der Waals surface area contributed by atoms with Gasteiger partial charge < -0.3 is 16.0 Å². The lowest BCUT2D eigenvalue weighted by Gasteiger charge is -2.11. The Labute approximate surface area is 129 Å². The molecule has 0 aromatic heterocycles. The van der Waals surface area contributed by atoms with Crippen LogP contribution < -0.4 is 16.0 Å². The fourth-order valence-corrected chi connectivity index (χ4v) is 1.69. The van der Waals surface area contributed by atoms with Gasteiger partial charge in [0.15, 0.2) is 0 Å². The third-order valence-corrected chi connectivity index (χ3v) is 2.67. The van der Waals surface area contributed by atoms with Crippen molar-refractivity contribution in [2.45, 2.75) is 13.3 Å². The van der Waals surface area contributed by atoms with Crippen molar-refractivity contribution < 1.29 is 9.59 Å². The molecule has 0 unspecified atom stereocenters. The van der Waals surface area contributed by atoms with Crippen LogP contribution in [0.1, 0.15) is 23.7 Å². The number of carbonyl (C=O) groups is 2. The monoisotopic (exact) mass is 319 g/mol. The van der Waals surface area contributed by atoms with E-state index in [2.05, 4.69) is 16.0 Å². The van der Waals surface area contributed by atoms with Gasteiger partial charge in [0.25, 0.3) is 5.91 Å². The summed E-state index contributed by atoms with van der Waals surface area (Å²) < 4.78 is 0. The Morgan fingerprint density at radius 2 is 2.00 bits per heavy atom. The second-order valence-electron chi connectivity index (χ2n) is 3.95. The summed E-state index contributed by atoms with van der Waals surface area (Å²) in [7, 11) is 1.77. The fourth-order valence-electron chi connectivity index (χ4n) is 1.52. The van der Waals surface area contributed by atoms with Crippen molar-refractivity contribution in [1.29, 1.82) is 0 Å². The van der Waals surface area contributed by atoms with E-state index in [9.17, 15) is 9.59 Å². The Bertz CT molecular complexity index is 467. The molecule has 1 rings (SSSR count). The lowest BCUT2D eigenvalue weighted by atomic mass is 10.1. The highest BCUT2D eigenvalue weighted by Crippen LogP contribution is 2.20. The van der Waals surface area contributed by atoms with Crippen LogP contribution in [0.25, 0.3) is 0 Å². The average molecular weight is 320 g/mol. The van der Waals surface area contributed by atoms with E-state index in [0.29, 0.717) is 35.8 Å². The molecule has 112 valence electrons. The summed E-state index contributed by atoms with van der Waals surface area (Å²) >= 11 is 5.88. The fraction of sp³-hybridized carbons (Fsp3) is 0.385. The maximum Gasteiger partial charge on any atom is 0.253 e. The highest BCUT2D eigenvalue weighted by molar-refractivity contribution is 6.31. The minimum Gasteiger partial charge on any atom is -0.352 e. The maximum absolute atomic E-state index is 11.9. The minimum atomic E-state index is -0.256. The molecule has 3 N–H and O–H groups in total. The summed E-state index contributed by atoms with van der Waals surface area (Å²) in [6, 6.07) is 4.81. The van der Waals surface area contributed by atoms with Crippen molar-refractivity contribution in [2.75, 3.05) is 25.5 Å². The molecule has 0 aliphatic carbocycles. The van der Waals surface area contributed by atoms with Crippen molar-refractivity contribution in [2.24, 2.45) is 0 Å². The molecule has 0 aliphatic heterocycles. The van der Waals surface area contributed by atoms with Crippen molar-refractivity contribution in [3.8, 4) is 0 Å². The van der Waals surface area contributed by atoms with Gasteiger partial charge in [-0.25, -0.2) is 0 Å². The Morgan fingerprint density at radius 1 is 1.30 bits per heavy atom. The molecular weight excluding hydrogens is 301 g/mol. The van der Waals surface area contributed by atoms with Gasteiger partial charge in [-0.2, -0.15) is 0 Å². The number of hydrogen-bond donors (Lipinski definition) is 3. The van der Waals surface area contributed by atoms with Gasteiger partial charge in [-0.1, -0.05) is 11.6 Å². The van der Waals surface area contributed by atoms with Crippen molar-refractivity contribution >= 4 is 41.5 Å². The van der Waals surface area contributed by atoms with Crippen LogP contribution in [0.4, 0.5) is 5.69 Å². The Morgan fingerprint density at radius 3 is 2.60 bits per heavy atom. The van der Waals surface area contributed by atoms with Crippen LogP contribution in [-0.4, -0.2) is 32.0 Å².